The number of nitrogens with zero attached hydrogens (tertiary/aromatic N) is 2. The van der Waals surface area contributed by atoms with Crippen LogP contribution in [-0.4, -0.2) is 16.9 Å². The third-order valence-electron chi connectivity index (χ3n) is 3.20. The lowest BCUT2D eigenvalue weighted by Gasteiger charge is -2.12. The lowest BCUT2D eigenvalue weighted by atomic mass is 10.2. The van der Waals surface area contributed by atoms with Crippen LogP contribution in [0.25, 0.3) is 0 Å². The van der Waals surface area contributed by atoms with Gasteiger partial charge < -0.3 is 9.47 Å². The second-order valence-electron chi connectivity index (χ2n) is 4.57. The maximum absolute atomic E-state index is 5.92. The predicted octanol–water partition coefficient (Wildman–Crippen LogP) is 4.30. The van der Waals surface area contributed by atoms with Crippen LogP contribution >= 0.6 is 27.5 Å². The molecule has 0 fully saturated rings. The Hall–Kier alpha value is -1.20. The van der Waals surface area contributed by atoms with Crippen LogP contribution in [0, 0.1) is 6.92 Å². The van der Waals surface area contributed by atoms with Crippen molar-refractivity contribution in [2.45, 2.75) is 32.9 Å². The highest BCUT2D eigenvalue weighted by molar-refractivity contribution is 9.10. The molecule has 0 aliphatic carbocycles. The molecule has 0 aliphatic heterocycles. The van der Waals surface area contributed by atoms with Gasteiger partial charge in [0.15, 0.2) is 11.5 Å². The largest absolute Gasteiger partial charge is 0.493 e. The van der Waals surface area contributed by atoms with E-state index >= 15 is 0 Å². The molecule has 0 saturated carbocycles. The number of aryl methyl sites for hydroxylation is 2. The number of alkyl halides is 1. The zero-order valence-electron chi connectivity index (χ0n) is 12.3. The van der Waals surface area contributed by atoms with Crippen LogP contribution in [0.15, 0.2) is 22.7 Å². The van der Waals surface area contributed by atoms with Crippen molar-refractivity contribution in [2.75, 3.05) is 7.11 Å². The fraction of sp³-hybridized carbons (Fsp3) is 0.400. The predicted molar refractivity (Wildman–Crippen MR) is 87.2 cm³/mol. The van der Waals surface area contributed by atoms with Crippen molar-refractivity contribution in [1.82, 2.24) is 9.78 Å². The van der Waals surface area contributed by atoms with E-state index in [0.29, 0.717) is 24.0 Å². The standard InChI is InChI=1S/C15H18BrClN2O2/c1-4-19-12(15(16)10(2)18-19)9-21-14-7-11(8-17)5-6-13(14)20-3/h5-7H,4,8-9H2,1-3H3. The molecule has 4 nitrogen and oxygen atoms in total. The summed E-state index contributed by atoms with van der Waals surface area (Å²) in [7, 11) is 1.62. The third-order valence-corrected chi connectivity index (χ3v) is 4.54. The van der Waals surface area contributed by atoms with Gasteiger partial charge in [0, 0.05) is 12.4 Å². The first-order valence-corrected chi connectivity index (χ1v) is 8.00. The van der Waals surface area contributed by atoms with Crippen LogP contribution in [0.2, 0.25) is 0 Å². The van der Waals surface area contributed by atoms with Gasteiger partial charge in [0.05, 0.1) is 23.0 Å². The van der Waals surface area contributed by atoms with Gasteiger partial charge in [-0.2, -0.15) is 5.10 Å². The van der Waals surface area contributed by atoms with Gasteiger partial charge in [-0.1, -0.05) is 6.07 Å². The van der Waals surface area contributed by atoms with Crippen LogP contribution in [0.4, 0.5) is 0 Å². The molecule has 0 bridgehead atoms. The Bertz CT molecular complexity index is 628. The number of rotatable bonds is 6. The Kier molecular flexibility index (Phi) is 5.53. The van der Waals surface area contributed by atoms with Crippen LogP contribution < -0.4 is 9.47 Å². The van der Waals surface area contributed by atoms with Gasteiger partial charge >= 0.3 is 0 Å². The number of ether oxygens (including phenoxy) is 2. The molecule has 114 valence electrons. The molecule has 0 spiro atoms. The van der Waals surface area contributed by atoms with E-state index in [-0.39, 0.29) is 0 Å². The van der Waals surface area contributed by atoms with Crippen LogP contribution in [-0.2, 0) is 19.0 Å². The summed E-state index contributed by atoms with van der Waals surface area (Å²) < 4.78 is 14.2. The SMILES string of the molecule is CCn1nc(C)c(Br)c1COc1cc(CCl)ccc1OC. The van der Waals surface area contributed by atoms with E-state index in [1.165, 1.54) is 0 Å². The number of hydrogen-bond acceptors (Lipinski definition) is 3. The summed E-state index contributed by atoms with van der Waals surface area (Å²) >= 11 is 9.43. The maximum Gasteiger partial charge on any atom is 0.162 e. The molecule has 1 aromatic carbocycles. The van der Waals surface area contributed by atoms with E-state index in [0.717, 1.165) is 28.0 Å². The molecule has 0 N–H and O–H groups in total. The quantitative estimate of drug-likeness (QED) is 0.708. The summed E-state index contributed by atoms with van der Waals surface area (Å²) in [6, 6.07) is 5.69. The highest BCUT2D eigenvalue weighted by Crippen LogP contribution is 2.30. The van der Waals surface area contributed by atoms with Crippen molar-refractivity contribution in [3.63, 3.8) is 0 Å². The number of hydrogen-bond donors (Lipinski definition) is 0. The Morgan fingerprint density at radius 1 is 1.33 bits per heavy atom. The molecule has 0 atom stereocenters. The van der Waals surface area contributed by atoms with Gasteiger partial charge in [-0.05, 0) is 47.5 Å². The van der Waals surface area contributed by atoms with E-state index < -0.39 is 0 Å². The minimum atomic E-state index is 0.414. The van der Waals surface area contributed by atoms with E-state index in [4.69, 9.17) is 21.1 Å². The number of aromatic nitrogens is 2. The van der Waals surface area contributed by atoms with Gasteiger partial charge in [0.2, 0.25) is 0 Å². The molecule has 2 rings (SSSR count). The molecule has 1 heterocycles. The Labute approximate surface area is 138 Å². The van der Waals surface area contributed by atoms with Crippen molar-refractivity contribution in [3.8, 4) is 11.5 Å². The normalized spacial score (nSPS) is 10.7. The van der Waals surface area contributed by atoms with E-state index in [2.05, 4.69) is 28.0 Å². The molecule has 0 saturated heterocycles. The van der Waals surface area contributed by atoms with Gasteiger partial charge in [-0.25, -0.2) is 0 Å². The summed E-state index contributed by atoms with van der Waals surface area (Å²) in [5.41, 5.74) is 2.96. The van der Waals surface area contributed by atoms with Crippen molar-refractivity contribution in [2.24, 2.45) is 0 Å². The minimum absolute atomic E-state index is 0.414. The average Bonchev–Trinajstić information content (AvgIpc) is 2.79. The number of methoxy groups -OCH3 is 1. The van der Waals surface area contributed by atoms with Crippen molar-refractivity contribution in [1.29, 1.82) is 0 Å². The molecule has 1 aromatic heterocycles. The summed E-state index contributed by atoms with van der Waals surface area (Å²) in [6.45, 7) is 5.23. The first kappa shape index (κ1) is 16.2. The smallest absolute Gasteiger partial charge is 0.162 e. The zero-order chi connectivity index (χ0) is 15.4. The molecule has 2 aromatic rings. The molecule has 6 heteroatoms. The molecule has 0 amide bonds. The second-order valence-corrected chi connectivity index (χ2v) is 5.63. The van der Waals surface area contributed by atoms with E-state index in [9.17, 15) is 0 Å². The highest BCUT2D eigenvalue weighted by Gasteiger charge is 2.14. The lowest BCUT2D eigenvalue weighted by Crippen LogP contribution is -2.07. The molecular weight excluding hydrogens is 356 g/mol. The van der Waals surface area contributed by atoms with Crippen LogP contribution in [0.1, 0.15) is 23.9 Å². The Balaban J connectivity index is 2.23. The van der Waals surface area contributed by atoms with Gasteiger partial charge in [0.1, 0.15) is 6.61 Å². The lowest BCUT2D eigenvalue weighted by molar-refractivity contribution is 0.273. The van der Waals surface area contributed by atoms with Crippen LogP contribution in [0.3, 0.4) is 0 Å². The highest BCUT2D eigenvalue weighted by atomic mass is 79.9. The number of benzene rings is 1. The van der Waals surface area contributed by atoms with Crippen molar-refractivity contribution in [3.05, 3.63) is 39.6 Å². The monoisotopic (exact) mass is 372 g/mol. The Morgan fingerprint density at radius 3 is 2.71 bits per heavy atom. The first-order valence-electron chi connectivity index (χ1n) is 6.68. The van der Waals surface area contributed by atoms with E-state index in [1.54, 1.807) is 7.11 Å². The summed E-state index contributed by atoms with van der Waals surface area (Å²) in [5, 5.41) is 4.45. The van der Waals surface area contributed by atoms with Gasteiger partial charge in [-0.15, -0.1) is 11.6 Å². The Morgan fingerprint density at radius 2 is 2.10 bits per heavy atom. The molecule has 21 heavy (non-hydrogen) atoms. The second kappa shape index (κ2) is 7.18. The van der Waals surface area contributed by atoms with E-state index in [1.807, 2.05) is 29.8 Å². The summed E-state index contributed by atoms with van der Waals surface area (Å²) in [4.78, 5) is 0. The fourth-order valence-electron chi connectivity index (χ4n) is 2.07. The first-order chi connectivity index (χ1) is 10.1. The molecular formula is C15H18BrClN2O2. The third kappa shape index (κ3) is 3.52. The molecule has 0 unspecified atom stereocenters. The van der Waals surface area contributed by atoms with Gasteiger partial charge in [-0.3, -0.25) is 4.68 Å². The minimum Gasteiger partial charge on any atom is -0.493 e. The summed E-state index contributed by atoms with van der Waals surface area (Å²) in [5.74, 6) is 1.82. The zero-order valence-corrected chi connectivity index (χ0v) is 14.7. The fourth-order valence-corrected chi connectivity index (χ4v) is 2.63. The number of halogens is 2. The molecule has 0 aliphatic rings. The van der Waals surface area contributed by atoms with Crippen molar-refractivity contribution >= 4 is 27.5 Å². The topological polar surface area (TPSA) is 36.3 Å². The molecule has 0 radical (unpaired) electrons. The maximum atomic E-state index is 5.92. The average molecular weight is 374 g/mol. The van der Waals surface area contributed by atoms with Gasteiger partial charge in [0.25, 0.3) is 0 Å². The van der Waals surface area contributed by atoms with Crippen molar-refractivity contribution < 1.29 is 9.47 Å². The summed E-state index contributed by atoms with van der Waals surface area (Å²) in [6.07, 6.45) is 0. The van der Waals surface area contributed by atoms with Crippen LogP contribution in [0.5, 0.6) is 11.5 Å².